The number of carbonyl (C=O) groups is 1. The first-order valence-electron chi connectivity index (χ1n) is 7.69. The molecule has 1 aliphatic rings. The molecule has 1 amide bonds. The Labute approximate surface area is 137 Å². The Morgan fingerprint density at radius 3 is 2.74 bits per heavy atom. The zero-order valence-electron chi connectivity index (χ0n) is 14.1. The van der Waals surface area contributed by atoms with Crippen molar-refractivity contribution in [3.63, 3.8) is 0 Å². The minimum atomic E-state index is -1.54. The van der Waals surface area contributed by atoms with Crippen LogP contribution in [0, 0.1) is 0 Å². The van der Waals surface area contributed by atoms with E-state index >= 15 is 0 Å². The standard InChI is InChI=1S/C15H24BN3O4/c1-15(2,3)23-14(20)18(4)12-5-6-19(10-12)13-7-11(16(21)22)8-17-9-13/h7-9,12,21-22H,5-6,10H2,1-4H3/t12-/m0/s1. The third-order valence-corrected chi connectivity index (χ3v) is 3.80. The molecule has 0 unspecified atom stereocenters. The molecule has 126 valence electrons. The van der Waals surface area contributed by atoms with E-state index in [1.807, 2.05) is 20.8 Å². The van der Waals surface area contributed by atoms with Gasteiger partial charge < -0.3 is 24.6 Å². The smallest absolute Gasteiger partial charge is 0.444 e. The van der Waals surface area contributed by atoms with Crippen LogP contribution in [-0.4, -0.2) is 64.9 Å². The second-order valence-corrected chi connectivity index (χ2v) is 6.83. The Bertz CT molecular complexity index is 562. The van der Waals surface area contributed by atoms with Crippen molar-refractivity contribution in [2.75, 3.05) is 25.0 Å². The number of ether oxygens (including phenoxy) is 1. The van der Waals surface area contributed by atoms with Gasteiger partial charge in [0.15, 0.2) is 0 Å². The molecule has 0 bridgehead atoms. The SMILES string of the molecule is CN(C(=O)OC(C)(C)C)[C@H]1CCN(c2cncc(B(O)O)c2)C1. The summed E-state index contributed by atoms with van der Waals surface area (Å²) >= 11 is 0. The summed E-state index contributed by atoms with van der Waals surface area (Å²) in [7, 11) is 0.208. The average molecular weight is 321 g/mol. The molecule has 1 aliphatic heterocycles. The van der Waals surface area contributed by atoms with E-state index in [9.17, 15) is 14.8 Å². The van der Waals surface area contributed by atoms with Crippen LogP contribution in [-0.2, 0) is 4.74 Å². The van der Waals surface area contributed by atoms with Gasteiger partial charge in [0.05, 0.1) is 17.9 Å². The number of carbonyl (C=O) groups excluding carboxylic acids is 1. The summed E-state index contributed by atoms with van der Waals surface area (Å²) in [5.74, 6) is 0. The van der Waals surface area contributed by atoms with Crippen LogP contribution in [0.25, 0.3) is 0 Å². The first-order chi connectivity index (χ1) is 10.7. The first kappa shape index (κ1) is 17.6. The molecule has 7 nitrogen and oxygen atoms in total. The van der Waals surface area contributed by atoms with Crippen LogP contribution in [0.4, 0.5) is 10.5 Å². The van der Waals surface area contributed by atoms with E-state index in [0.717, 1.165) is 18.7 Å². The quantitative estimate of drug-likeness (QED) is 0.774. The Morgan fingerprint density at radius 2 is 2.13 bits per heavy atom. The fourth-order valence-corrected chi connectivity index (χ4v) is 2.53. The lowest BCUT2D eigenvalue weighted by molar-refractivity contribution is 0.0238. The van der Waals surface area contributed by atoms with Crippen molar-refractivity contribution >= 4 is 24.4 Å². The predicted octanol–water partition coefficient (Wildman–Crippen LogP) is 0.207. The van der Waals surface area contributed by atoms with Gasteiger partial charge in [-0.25, -0.2) is 4.79 Å². The first-order valence-corrected chi connectivity index (χ1v) is 7.69. The molecular formula is C15H24BN3O4. The van der Waals surface area contributed by atoms with Crippen molar-refractivity contribution in [1.29, 1.82) is 0 Å². The second kappa shape index (κ2) is 6.76. The number of anilines is 1. The highest BCUT2D eigenvalue weighted by molar-refractivity contribution is 6.58. The largest absolute Gasteiger partial charge is 0.490 e. The van der Waals surface area contributed by atoms with E-state index in [-0.39, 0.29) is 12.1 Å². The lowest BCUT2D eigenvalue weighted by atomic mass is 9.81. The molecule has 0 saturated carbocycles. The molecule has 0 spiro atoms. The summed E-state index contributed by atoms with van der Waals surface area (Å²) in [6, 6.07) is 1.75. The topological polar surface area (TPSA) is 86.1 Å². The molecule has 0 aromatic carbocycles. The fraction of sp³-hybridized carbons (Fsp3) is 0.600. The number of likely N-dealkylation sites (N-methyl/N-ethyl adjacent to an activating group) is 1. The Kier molecular flexibility index (Phi) is 5.16. The van der Waals surface area contributed by atoms with Crippen molar-refractivity contribution in [3.05, 3.63) is 18.5 Å². The fourth-order valence-electron chi connectivity index (χ4n) is 2.53. The van der Waals surface area contributed by atoms with Crippen LogP contribution in [0.15, 0.2) is 18.5 Å². The molecule has 1 aromatic heterocycles. The van der Waals surface area contributed by atoms with Crippen molar-refractivity contribution in [2.45, 2.75) is 38.8 Å². The molecule has 2 rings (SSSR count). The van der Waals surface area contributed by atoms with Gasteiger partial charge in [-0.2, -0.15) is 0 Å². The Morgan fingerprint density at radius 1 is 1.43 bits per heavy atom. The van der Waals surface area contributed by atoms with Crippen LogP contribution in [0.1, 0.15) is 27.2 Å². The van der Waals surface area contributed by atoms with E-state index in [4.69, 9.17) is 4.74 Å². The van der Waals surface area contributed by atoms with Gasteiger partial charge in [-0.3, -0.25) is 4.98 Å². The maximum absolute atomic E-state index is 12.1. The zero-order chi connectivity index (χ0) is 17.2. The number of hydrogen-bond acceptors (Lipinski definition) is 6. The highest BCUT2D eigenvalue weighted by Gasteiger charge is 2.31. The molecule has 2 heterocycles. The minimum Gasteiger partial charge on any atom is -0.444 e. The van der Waals surface area contributed by atoms with Gasteiger partial charge in [0.25, 0.3) is 0 Å². The molecule has 23 heavy (non-hydrogen) atoms. The number of pyridine rings is 1. The Hall–Kier alpha value is -1.80. The number of nitrogens with zero attached hydrogens (tertiary/aromatic N) is 3. The number of amides is 1. The second-order valence-electron chi connectivity index (χ2n) is 6.83. The van der Waals surface area contributed by atoms with Gasteiger partial charge in [0, 0.05) is 31.8 Å². The summed E-state index contributed by atoms with van der Waals surface area (Å²) in [6.45, 7) is 6.96. The zero-order valence-corrected chi connectivity index (χ0v) is 14.1. The monoisotopic (exact) mass is 321 g/mol. The lowest BCUT2D eigenvalue weighted by Gasteiger charge is -2.28. The lowest BCUT2D eigenvalue weighted by Crippen LogP contribution is -2.42. The number of aromatic nitrogens is 1. The molecule has 1 fully saturated rings. The average Bonchev–Trinajstić information content (AvgIpc) is 2.94. The van der Waals surface area contributed by atoms with Gasteiger partial charge >= 0.3 is 13.2 Å². The van der Waals surface area contributed by atoms with Gasteiger partial charge in [-0.1, -0.05) is 0 Å². The van der Waals surface area contributed by atoms with Crippen LogP contribution in [0.3, 0.4) is 0 Å². The molecule has 1 saturated heterocycles. The summed E-state index contributed by atoms with van der Waals surface area (Å²) in [5.41, 5.74) is 0.654. The van der Waals surface area contributed by atoms with Crippen molar-refractivity contribution < 1.29 is 19.6 Å². The normalized spacial score (nSPS) is 18.0. The van der Waals surface area contributed by atoms with Gasteiger partial charge in [0.1, 0.15) is 5.60 Å². The molecule has 1 atom stereocenters. The van der Waals surface area contributed by atoms with Gasteiger partial charge in [0.2, 0.25) is 0 Å². The predicted molar refractivity (Wildman–Crippen MR) is 88.7 cm³/mol. The molecule has 1 aromatic rings. The maximum atomic E-state index is 12.1. The Balaban J connectivity index is 2.01. The third-order valence-electron chi connectivity index (χ3n) is 3.80. The van der Waals surface area contributed by atoms with Crippen LogP contribution >= 0.6 is 0 Å². The van der Waals surface area contributed by atoms with Crippen molar-refractivity contribution in [1.82, 2.24) is 9.88 Å². The minimum absolute atomic E-state index is 0.0487. The summed E-state index contributed by atoms with van der Waals surface area (Å²) in [6.07, 6.45) is 3.60. The van der Waals surface area contributed by atoms with E-state index < -0.39 is 12.7 Å². The van der Waals surface area contributed by atoms with Crippen LogP contribution in [0.5, 0.6) is 0 Å². The number of hydrogen-bond donors (Lipinski definition) is 2. The summed E-state index contributed by atoms with van der Waals surface area (Å²) < 4.78 is 5.39. The van der Waals surface area contributed by atoms with E-state index in [1.54, 1.807) is 24.2 Å². The van der Waals surface area contributed by atoms with E-state index in [2.05, 4.69) is 9.88 Å². The van der Waals surface area contributed by atoms with Crippen LogP contribution in [0.2, 0.25) is 0 Å². The van der Waals surface area contributed by atoms with Gasteiger partial charge in [-0.15, -0.1) is 0 Å². The third kappa shape index (κ3) is 4.59. The van der Waals surface area contributed by atoms with Crippen molar-refractivity contribution in [2.24, 2.45) is 0 Å². The van der Waals surface area contributed by atoms with E-state index in [0.29, 0.717) is 12.0 Å². The van der Waals surface area contributed by atoms with Crippen molar-refractivity contribution in [3.8, 4) is 0 Å². The molecular weight excluding hydrogens is 297 g/mol. The highest BCUT2D eigenvalue weighted by Crippen LogP contribution is 2.22. The molecule has 0 radical (unpaired) electrons. The van der Waals surface area contributed by atoms with Crippen LogP contribution < -0.4 is 10.4 Å². The molecule has 8 heteroatoms. The molecule has 2 N–H and O–H groups in total. The summed E-state index contributed by atoms with van der Waals surface area (Å²) in [5, 5.41) is 18.5. The summed E-state index contributed by atoms with van der Waals surface area (Å²) in [4.78, 5) is 19.9. The highest BCUT2D eigenvalue weighted by atomic mass is 16.6. The van der Waals surface area contributed by atoms with E-state index in [1.165, 1.54) is 6.20 Å². The van der Waals surface area contributed by atoms with Gasteiger partial charge in [-0.05, 0) is 33.3 Å². The number of rotatable bonds is 3. The maximum Gasteiger partial charge on any atom is 0.490 e. The molecule has 0 aliphatic carbocycles.